The lowest BCUT2D eigenvalue weighted by molar-refractivity contribution is -0.150. The molecule has 0 aliphatic carbocycles. The Morgan fingerprint density at radius 1 is 1.11 bits per heavy atom. The van der Waals surface area contributed by atoms with Gasteiger partial charge in [0.15, 0.2) is 0 Å². The molecular weight excluding hydrogens is 352 g/mol. The van der Waals surface area contributed by atoms with E-state index in [1.807, 2.05) is 30.3 Å². The summed E-state index contributed by atoms with van der Waals surface area (Å²) in [5.74, 6) is -0.193. The highest BCUT2D eigenvalue weighted by Gasteiger charge is 2.47. The minimum Gasteiger partial charge on any atom is -0.507 e. The van der Waals surface area contributed by atoms with Gasteiger partial charge >= 0.3 is 11.6 Å². The van der Waals surface area contributed by atoms with Crippen molar-refractivity contribution in [2.45, 2.75) is 25.2 Å². The first-order valence-corrected chi connectivity index (χ1v) is 8.47. The summed E-state index contributed by atoms with van der Waals surface area (Å²) in [7, 11) is 0. The molecule has 2 aliphatic rings. The van der Waals surface area contributed by atoms with E-state index in [1.165, 1.54) is 0 Å². The van der Waals surface area contributed by atoms with E-state index < -0.39 is 11.9 Å². The lowest BCUT2D eigenvalue weighted by Gasteiger charge is -2.14. The molecule has 136 valence electrons. The first kappa shape index (κ1) is 15.7. The third kappa shape index (κ3) is 2.51. The monoisotopic (exact) mass is 366 g/mol. The Morgan fingerprint density at radius 2 is 1.93 bits per heavy atom. The van der Waals surface area contributed by atoms with E-state index in [9.17, 15) is 14.7 Å². The standard InChI is InChI=1S/C20H14O7/c21-12-7-16(23)25-14-8-13(24-9-10-4-2-1-3-5-10)17-11-6-15(22)26-20(11)27-19(17)18(12)14/h1-5,7-8,11,20-21H,6,9H2. The van der Waals surface area contributed by atoms with Crippen molar-refractivity contribution in [1.29, 1.82) is 0 Å². The van der Waals surface area contributed by atoms with Gasteiger partial charge in [-0.2, -0.15) is 0 Å². The number of ether oxygens (including phenoxy) is 3. The molecule has 1 N–H and O–H groups in total. The Bertz CT molecular complexity index is 1120. The molecule has 0 bridgehead atoms. The lowest BCUT2D eigenvalue weighted by Crippen LogP contribution is -2.14. The van der Waals surface area contributed by atoms with Gasteiger partial charge < -0.3 is 23.7 Å². The molecule has 0 saturated carbocycles. The molecule has 3 heterocycles. The van der Waals surface area contributed by atoms with Gasteiger partial charge in [0, 0.05) is 11.6 Å². The zero-order chi connectivity index (χ0) is 18.5. The summed E-state index contributed by atoms with van der Waals surface area (Å²) in [6.45, 7) is 0.286. The van der Waals surface area contributed by atoms with Gasteiger partial charge in [0.2, 0.25) is 0 Å². The van der Waals surface area contributed by atoms with Crippen molar-refractivity contribution in [3.8, 4) is 17.2 Å². The SMILES string of the molecule is O=C1CC2c3c(OCc4ccccc4)cc4oc(=O)cc(O)c4c3OC2O1. The number of hydrogen-bond acceptors (Lipinski definition) is 7. The number of benzene rings is 2. The zero-order valence-corrected chi connectivity index (χ0v) is 14.0. The number of carbonyl (C=O) groups excluding carboxylic acids is 1. The molecule has 1 saturated heterocycles. The average molecular weight is 366 g/mol. The minimum absolute atomic E-state index is 0.146. The number of carbonyl (C=O) groups is 1. The Kier molecular flexibility index (Phi) is 3.36. The van der Waals surface area contributed by atoms with E-state index in [0.717, 1.165) is 11.6 Å². The van der Waals surface area contributed by atoms with Gasteiger partial charge in [0.25, 0.3) is 6.29 Å². The number of hydrogen-bond donors (Lipinski definition) is 1. The quantitative estimate of drug-likeness (QED) is 0.562. The summed E-state index contributed by atoms with van der Waals surface area (Å²) in [6.07, 6.45) is -0.619. The van der Waals surface area contributed by atoms with Crippen LogP contribution in [0, 0.1) is 0 Å². The van der Waals surface area contributed by atoms with Crippen molar-refractivity contribution < 1.29 is 28.5 Å². The molecule has 3 aromatic rings. The van der Waals surface area contributed by atoms with Crippen molar-refractivity contribution in [3.05, 3.63) is 64.0 Å². The topological polar surface area (TPSA) is 95.2 Å². The van der Waals surface area contributed by atoms with Crippen LogP contribution in [0.4, 0.5) is 0 Å². The maximum Gasteiger partial charge on any atom is 0.339 e. The van der Waals surface area contributed by atoms with Crippen LogP contribution in [-0.2, 0) is 16.1 Å². The molecule has 0 amide bonds. The molecule has 1 aromatic heterocycles. The number of rotatable bonds is 3. The Labute approximate surface area is 152 Å². The van der Waals surface area contributed by atoms with Crippen LogP contribution in [-0.4, -0.2) is 17.4 Å². The van der Waals surface area contributed by atoms with Gasteiger partial charge in [0.1, 0.15) is 34.8 Å². The molecule has 2 unspecified atom stereocenters. The van der Waals surface area contributed by atoms with Crippen LogP contribution in [0.3, 0.4) is 0 Å². The fourth-order valence-electron chi connectivity index (χ4n) is 3.60. The molecule has 5 rings (SSSR count). The molecule has 0 radical (unpaired) electrons. The van der Waals surface area contributed by atoms with E-state index in [4.69, 9.17) is 18.6 Å². The number of fused-ring (bicyclic) bond motifs is 5. The molecule has 2 aliphatic heterocycles. The highest BCUT2D eigenvalue weighted by molar-refractivity contribution is 5.93. The predicted octanol–water partition coefficient (Wildman–Crippen LogP) is 2.83. The van der Waals surface area contributed by atoms with Crippen LogP contribution < -0.4 is 15.1 Å². The van der Waals surface area contributed by atoms with Gasteiger partial charge in [-0.1, -0.05) is 30.3 Å². The third-order valence-electron chi connectivity index (χ3n) is 4.77. The maximum atomic E-state index is 11.7. The summed E-state index contributed by atoms with van der Waals surface area (Å²) >= 11 is 0. The van der Waals surface area contributed by atoms with Crippen LogP contribution >= 0.6 is 0 Å². The Morgan fingerprint density at radius 3 is 2.74 bits per heavy atom. The molecule has 1 fully saturated rings. The van der Waals surface area contributed by atoms with Crippen LogP contribution in [0.1, 0.15) is 23.5 Å². The maximum absolute atomic E-state index is 11.7. The first-order valence-electron chi connectivity index (χ1n) is 8.47. The van der Waals surface area contributed by atoms with E-state index in [1.54, 1.807) is 6.07 Å². The van der Waals surface area contributed by atoms with E-state index in [0.29, 0.717) is 17.1 Å². The second-order valence-electron chi connectivity index (χ2n) is 6.50. The summed E-state index contributed by atoms with van der Waals surface area (Å²) in [5, 5.41) is 10.5. The second-order valence-corrected chi connectivity index (χ2v) is 6.50. The Balaban J connectivity index is 1.66. The van der Waals surface area contributed by atoms with Crippen molar-refractivity contribution in [1.82, 2.24) is 0 Å². The number of esters is 1. The minimum atomic E-state index is -0.775. The molecule has 27 heavy (non-hydrogen) atoms. The number of aromatic hydroxyl groups is 1. The van der Waals surface area contributed by atoms with Crippen LogP contribution in [0.2, 0.25) is 0 Å². The van der Waals surface area contributed by atoms with Gasteiger partial charge in [-0.15, -0.1) is 0 Å². The fraction of sp³-hybridized carbons (Fsp3) is 0.200. The van der Waals surface area contributed by atoms with Crippen LogP contribution in [0.25, 0.3) is 11.0 Å². The highest BCUT2D eigenvalue weighted by atomic mass is 16.7. The summed E-state index contributed by atoms with van der Waals surface area (Å²) in [4.78, 5) is 23.3. The van der Waals surface area contributed by atoms with Crippen LogP contribution in [0.15, 0.2) is 51.7 Å². The Hall–Kier alpha value is -3.48. The third-order valence-corrected chi connectivity index (χ3v) is 4.77. The van der Waals surface area contributed by atoms with Crippen molar-refractivity contribution in [2.24, 2.45) is 0 Å². The summed E-state index contributed by atoms with van der Waals surface area (Å²) in [6, 6.07) is 12.1. The van der Waals surface area contributed by atoms with Crippen molar-refractivity contribution in [2.75, 3.05) is 0 Å². The normalized spacial score (nSPS) is 20.1. The highest BCUT2D eigenvalue weighted by Crippen LogP contribution is 2.53. The van der Waals surface area contributed by atoms with Gasteiger partial charge in [-0.3, -0.25) is 4.79 Å². The van der Waals surface area contributed by atoms with E-state index >= 15 is 0 Å². The smallest absolute Gasteiger partial charge is 0.339 e. The van der Waals surface area contributed by atoms with E-state index in [2.05, 4.69) is 0 Å². The lowest BCUT2D eigenvalue weighted by atomic mass is 9.95. The second kappa shape index (κ2) is 5.77. The van der Waals surface area contributed by atoms with Crippen molar-refractivity contribution >= 4 is 16.9 Å². The van der Waals surface area contributed by atoms with Gasteiger partial charge in [-0.05, 0) is 5.56 Å². The fourth-order valence-corrected chi connectivity index (χ4v) is 3.60. The molecule has 7 heteroatoms. The molecular formula is C20H14O7. The zero-order valence-electron chi connectivity index (χ0n) is 14.0. The first-order chi connectivity index (χ1) is 13.1. The van der Waals surface area contributed by atoms with Crippen LogP contribution in [0.5, 0.6) is 17.2 Å². The van der Waals surface area contributed by atoms with Gasteiger partial charge in [-0.25, -0.2) is 4.79 Å². The molecule has 2 aromatic carbocycles. The molecule has 2 atom stereocenters. The predicted molar refractivity (Wildman–Crippen MR) is 92.8 cm³/mol. The molecule has 7 nitrogen and oxygen atoms in total. The largest absolute Gasteiger partial charge is 0.507 e. The average Bonchev–Trinajstić information content (AvgIpc) is 3.15. The summed E-state index contributed by atoms with van der Waals surface area (Å²) in [5.41, 5.74) is 1.06. The van der Waals surface area contributed by atoms with Crippen molar-refractivity contribution in [3.63, 3.8) is 0 Å². The van der Waals surface area contributed by atoms with E-state index in [-0.39, 0.29) is 41.6 Å². The molecule has 0 spiro atoms. The van der Waals surface area contributed by atoms with Gasteiger partial charge in [0.05, 0.1) is 18.4 Å². The summed E-state index contributed by atoms with van der Waals surface area (Å²) < 4.78 is 22.2.